The number of likely N-dealkylation sites (N-methyl/N-ethyl adjacent to an activating group) is 1. The lowest BCUT2D eigenvalue weighted by Crippen LogP contribution is -2.41. The van der Waals surface area contributed by atoms with Crippen LogP contribution in [0, 0.1) is 5.92 Å². The van der Waals surface area contributed by atoms with Crippen LogP contribution in [0.4, 0.5) is 5.69 Å². The summed E-state index contributed by atoms with van der Waals surface area (Å²) in [4.78, 5) is 25.9. The highest BCUT2D eigenvalue weighted by Gasteiger charge is 2.25. The summed E-state index contributed by atoms with van der Waals surface area (Å²) in [6.45, 7) is 1.97. The van der Waals surface area contributed by atoms with Gasteiger partial charge >= 0.3 is 5.97 Å². The molecule has 0 aliphatic heterocycles. The van der Waals surface area contributed by atoms with Crippen LogP contribution in [0.1, 0.15) is 43.0 Å². The smallest absolute Gasteiger partial charge is 0.338 e. The van der Waals surface area contributed by atoms with E-state index in [9.17, 15) is 9.59 Å². The lowest BCUT2D eigenvalue weighted by Gasteiger charge is -2.33. The third-order valence-corrected chi connectivity index (χ3v) is 4.83. The number of carbonyl (C=O) groups is 2. The predicted octanol–water partition coefficient (Wildman–Crippen LogP) is 3.12. The molecule has 1 fully saturated rings. The molecule has 0 heterocycles. The maximum atomic E-state index is 12.2. The Morgan fingerprint density at radius 1 is 1.30 bits per heavy atom. The van der Waals surface area contributed by atoms with Gasteiger partial charge in [-0.3, -0.25) is 4.79 Å². The number of nitrogens with zero attached hydrogens (tertiary/aromatic N) is 1. The molecule has 0 saturated heterocycles. The molecule has 126 valence electrons. The standard InChI is InChI=1S/C17H23ClN2O3/c1-11-3-6-13(7-4-11)20(2)16(21)10-23-17(22)12-5-8-14(18)15(19)9-12/h5,8-9,11,13H,3-4,6-7,10,19H2,1-2H3. The van der Waals surface area contributed by atoms with E-state index in [2.05, 4.69) is 6.92 Å². The third-order valence-electron chi connectivity index (χ3n) is 4.48. The topological polar surface area (TPSA) is 72.6 Å². The van der Waals surface area contributed by atoms with Gasteiger partial charge in [0, 0.05) is 13.1 Å². The minimum atomic E-state index is -0.576. The third kappa shape index (κ3) is 4.61. The van der Waals surface area contributed by atoms with Gasteiger partial charge in [-0.25, -0.2) is 4.79 Å². The number of nitrogens with two attached hydrogens (primary N) is 1. The van der Waals surface area contributed by atoms with Crippen molar-refractivity contribution in [3.8, 4) is 0 Å². The van der Waals surface area contributed by atoms with E-state index in [1.165, 1.54) is 18.2 Å². The van der Waals surface area contributed by atoms with E-state index in [-0.39, 0.29) is 24.1 Å². The van der Waals surface area contributed by atoms with E-state index < -0.39 is 5.97 Å². The first-order chi connectivity index (χ1) is 10.9. The van der Waals surface area contributed by atoms with Gasteiger partial charge in [-0.1, -0.05) is 18.5 Å². The highest BCUT2D eigenvalue weighted by Crippen LogP contribution is 2.26. The van der Waals surface area contributed by atoms with Crippen molar-refractivity contribution >= 4 is 29.2 Å². The SMILES string of the molecule is CC1CCC(N(C)C(=O)COC(=O)c2ccc(Cl)c(N)c2)CC1. The van der Waals surface area contributed by atoms with Gasteiger partial charge in [-0.2, -0.15) is 0 Å². The van der Waals surface area contributed by atoms with Crippen molar-refractivity contribution in [3.63, 3.8) is 0 Å². The number of halogens is 1. The molecule has 1 aromatic rings. The Morgan fingerprint density at radius 3 is 2.57 bits per heavy atom. The van der Waals surface area contributed by atoms with Crippen LogP contribution in [0.3, 0.4) is 0 Å². The predicted molar refractivity (Wildman–Crippen MR) is 90.3 cm³/mol. The average Bonchev–Trinajstić information content (AvgIpc) is 2.54. The number of benzene rings is 1. The van der Waals surface area contributed by atoms with Crippen LogP contribution in [0.2, 0.25) is 5.02 Å². The Labute approximate surface area is 141 Å². The second kappa shape index (κ2) is 7.68. The van der Waals surface area contributed by atoms with Crippen LogP contribution in [0.15, 0.2) is 18.2 Å². The van der Waals surface area contributed by atoms with E-state index in [1.54, 1.807) is 11.9 Å². The average molecular weight is 339 g/mol. The lowest BCUT2D eigenvalue weighted by atomic mass is 9.87. The molecular weight excluding hydrogens is 316 g/mol. The maximum Gasteiger partial charge on any atom is 0.338 e. The molecule has 1 saturated carbocycles. The number of rotatable bonds is 4. The molecule has 0 aromatic heterocycles. The first-order valence-electron chi connectivity index (χ1n) is 7.86. The number of anilines is 1. The van der Waals surface area contributed by atoms with E-state index in [0.29, 0.717) is 10.7 Å². The van der Waals surface area contributed by atoms with Crippen LogP contribution >= 0.6 is 11.6 Å². The molecule has 5 nitrogen and oxygen atoms in total. The lowest BCUT2D eigenvalue weighted by molar-refractivity contribution is -0.136. The summed E-state index contributed by atoms with van der Waals surface area (Å²) in [6, 6.07) is 4.74. The van der Waals surface area contributed by atoms with Gasteiger partial charge in [0.25, 0.3) is 5.91 Å². The monoisotopic (exact) mass is 338 g/mol. The minimum absolute atomic E-state index is 0.181. The Kier molecular flexibility index (Phi) is 5.88. The zero-order valence-corrected chi connectivity index (χ0v) is 14.3. The molecule has 0 unspecified atom stereocenters. The quantitative estimate of drug-likeness (QED) is 0.676. The summed E-state index contributed by atoms with van der Waals surface area (Å²) < 4.78 is 5.09. The van der Waals surface area contributed by atoms with Gasteiger partial charge in [0.15, 0.2) is 6.61 Å². The zero-order chi connectivity index (χ0) is 17.0. The molecule has 2 N–H and O–H groups in total. The fourth-order valence-electron chi connectivity index (χ4n) is 2.82. The van der Waals surface area contributed by atoms with Crippen molar-refractivity contribution in [2.24, 2.45) is 5.92 Å². The Hall–Kier alpha value is -1.75. The summed E-state index contributed by atoms with van der Waals surface area (Å²) in [5, 5.41) is 0.379. The number of amides is 1. The van der Waals surface area contributed by atoms with Crippen LogP contribution in [0.25, 0.3) is 0 Å². The van der Waals surface area contributed by atoms with Crippen LogP contribution in [-0.4, -0.2) is 36.5 Å². The molecule has 0 atom stereocenters. The van der Waals surface area contributed by atoms with Gasteiger partial charge in [0.2, 0.25) is 0 Å². The summed E-state index contributed by atoms with van der Waals surface area (Å²) >= 11 is 5.81. The molecule has 2 rings (SSSR count). The van der Waals surface area contributed by atoms with E-state index in [4.69, 9.17) is 22.1 Å². The number of hydrogen-bond donors (Lipinski definition) is 1. The molecule has 6 heteroatoms. The number of carbonyl (C=O) groups excluding carboxylic acids is 2. The van der Waals surface area contributed by atoms with E-state index in [1.807, 2.05) is 0 Å². The number of ether oxygens (including phenoxy) is 1. The Balaban J connectivity index is 1.85. The molecule has 1 aliphatic carbocycles. The summed E-state index contributed by atoms with van der Waals surface area (Å²) in [5.74, 6) is -0.0323. The summed E-state index contributed by atoms with van der Waals surface area (Å²) in [7, 11) is 1.77. The molecule has 1 aliphatic rings. The van der Waals surface area contributed by atoms with Crippen LogP contribution in [0.5, 0.6) is 0 Å². The number of nitrogen functional groups attached to an aromatic ring is 1. The molecular formula is C17H23ClN2O3. The van der Waals surface area contributed by atoms with E-state index >= 15 is 0 Å². The fraction of sp³-hybridized carbons (Fsp3) is 0.529. The van der Waals surface area contributed by atoms with Gasteiger partial charge in [0.1, 0.15) is 0 Å². The molecule has 0 radical (unpaired) electrons. The molecule has 0 spiro atoms. The van der Waals surface area contributed by atoms with Crippen molar-refractivity contribution in [1.82, 2.24) is 4.90 Å². The van der Waals surface area contributed by atoms with Crippen LogP contribution in [-0.2, 0) is 9.53 Å². The highest BCUT2D eigenvalue weighted by atomic mass is 35.5. The van der Waals surface area contributed by atoms with Gasteiger partial charge < -0.3 is 15.4 Å². The van der Waals surface area contributed by atoms with E-state index in [0.717, 1.165) is 31.6 Å². The first kappa shape index (κ1) is 17.6. The largest absolute Gasteiger partial charge is 0.452 e. The minimum Gasteiger partial charge on any atom is -0.452 e. The second-order valence-corrected chi connectivity index (χ2v) is 6.64. The van der Waals surface area contributed by atoms with Gasteiger partial charge in [-0.15, -0.1) is 0 Å². The molecule has 1 amide bonds. The van der Waals surface area contributed by atoms with Gasteiger partial charge in [-0.05, 0) is 49.8 Å². The maximum absolute atomic E-state index is 12.2. The second-order valence-electron chi connectivity index (χ2n) is 6.23. The van der Waals surface area contributed by atoms with Gasteiger partial charge in [0.05, 0.1) is 16.3 Å². The first-order valence-corrected chi connectivity index (χ1v) is 8.24. The van der Waals surface area contributed by atoms with Crippen molar-refractivity contribution in [1.29, 1.82) is 0 Å². The normalized spacial score (nSPS) is 20.8. The fourth-order valence-corrected chi connectivity index (χ4v) is 2.93. The Morgan fingerprint density at radius 2 is 1.96 bits per heavy atom. The number of hydrogen-bond acceptors (Lipinski definition) is 4. The summed E-state index contributed by atoms with van der Waals surface area (Å²) in [6.07, 6.45) is 4.27. The highest BCUT2D eigenvalue weighted by molar-refractivity contribution is 6.33. The van der Waals surface area contributed by atoms with Crippen molar-refractivity contribution in [2.75, 3.05) is 19.4 Å². The van der Waals surface area contributed by atoms with Crippen molar-refractivity contribution < 1.29 is 14.3 Å². The molecule has 1 aromatic carbocycles. The molecule has 0 bridgehead atoms. The Bertz CT molecular complexity index is 583. The zero-order valence-electron chi connectivity index (χ0n) is 13.5. The van der Waals surface area contributed by atoms with Crippen LogP contribution < -0.4 is 5.73 Å². The number of esters is 1. The van der Waals surface area contributed by atoms with Crippen molar-refractivity contribution in [3.05, 3.63) is 28.8 Å². The summed E-state index contributed by atoms with van der Waals surface area (Å²) in [5.41, 5.74) is 6.25. The molecule has 23 heavy (non-hydrogen) atoms. The van der Waals surface area contributed by atoms with Crippen molar-refractivity contribution in [2.45, 2.75) is 38.6 Å².